The second-order valence-corrected chi connectivity index (χ2v) is 8.95. The Balaban J connectivity index is 1.86. The van der Waals surface area contributed by atoms with Crippen molar-refractivity contribution in [2.75, 3.05) is 24.7 Å². The summed E-state index contributed by atoms with van der Waals surface area (Å²) in [6.07, 6.45) is 1.35. The molecule has 10 heteroatoms. The topological polar surface area (TPSA) is 125 Å². The van der Waals surface area contributed by atoms with E-state index in [2.05, 4.69) is 15.3 Å². The van der Waals surface area contributed by atoms with Gasteiger partial charge in [-0.05, 0) is 39.0 Å². The van der Waals surface area contributed by atoms with Crippen molar-refractivity contribution in [2.24, 2.45) is 7.05 Å². The van der Waals surface area contributed by atoms with E-state index in [9.17, 15) is 9.59 Å². The Kier molecular flexibility index (Phi) is 5.90. The lowest BCUT2D eigenvalue weighted by Crippen LogP contribution is -2.44. The molecule has 2 amide bonds. The lowest BCUT2D eigenvalue weighted by atomic mass is 10.0. The monoisotopic (exact) mass is 464 g/mol. The maximum atomic E-state index is 13.6. The van der Waals surface area contributed by atoms with Gasteiger partial charge < -0.3 is 25.1 Å². The van der Waals surface area contributed by atoms with Gasteiger partial charge in [0.25, 0.3) is 5.91 Å². The third-order valence-corrected chi connectivity index (χ3v) is 5.42. The smallest absolute Gasteiger partial charge is 0.417 e. The molecule has 4 rings (SSSR count). The number of anilines is 3. The first-order chi connectivity index (χ1) is 16.1. The molecule has 0 spiro atoms. The number of carbonyl (C=O) groups excluding carboxylic acids is 2. The number of aromatic nitrogens is 3. The van der Waals surface area contributed by atoms with Crippen LogP contribution in [0.1, 0.15) is 36.8 Å². The molecule has 1 aliphatic heterocycles. The summed E-state index contributed by atoms with van der Waals surface area (Å²) >= 11 is 0. The van der Waals surface area contributed by atoms with Crippen molar-refractivity contribution in [3.05, 3.63) is 47.8 Å². The zero-order chi connectivity index (χ0) is 24.6. The minimum Gasteiger partial charge on any atom is -0.497 e. The van der Waals surface area contributed by atoms with Crippen LogP contribution in [0, 0.1) is 0 Å². The number of nitrogen functional groups attached to an aromatic ring is 1. The van der Waals surface area contributed by atoms with E-state index in [1.54, 1.807) is 40.1 Å². The molecule has 0 aliphatic carbocycles. The van der Waals surface area contributed by atoms with E-state index in [1.807, 2.05) is 35.9 Å². The van der Waals surface area contributed by atoms with E-state index in [4.69, 9.17) is 15.2 Å². The van der Waals surface area contributed by atoms with Crippen molar-refractivity contribution in [1.82, 2.24) is 19.4 Å². The minimum atomic E-state index is -0.723. The van der Waals surface area contributed by atoms with Gasteiger partial charge in [0.2, 0.25) is 5.95 Å². The minimum absolute atomic E-state index is 0.116. The Morgan fingerprint density at radius 3 is 2.68 bits per heavy atom. The van der Waals surface area contributed by atoms with Crippen LogP contribution in [0.2, 0.25) is 0 Å². The van der Waals surface area contributed by atoms with E-state index in [0.29, 0.717) is 40.5 Å². The molecule has 1 aliphatic rings. The molecule has 10 nitrogen and oxygen atoms in total. The number of nitrogens with two attached hydrogens (primary N) is 1. The second kappa shape index (κ2) is 8.69. The molecule has 0 bridgehead atoms. The van der Waals surface area contributed by atoms with Gasteiger partial charge in [-0.1, -0.05) is 6.07 Å². The van der Waals surface area contributed by atoms with Gasteiger partial charge in [-0.25, -0.2) is 19.7 Å². The predicted octanol–water partition coefficient (Wildman–Crippen LogP) is 3.75. The molecular formula is C24H28N6O4. The Hall–Kier alpha value is -4.08. The molecule has 178 valence electrons. The quantitative estimate of drug-likeness (QED) is 0.598. The van der Waals surface area contributed by atoms with Crippen LogP contribution in [-0.2, 0) is 18.2 Å². The van der Waals surface area contributed by atoms with Crippen LogP contribution in [0.3, 0.4) is 0 Å². The molecule has 0 fully saturated rings. The molecule has 3 N–H and O–H groups in total. The van der Waals surface area contributed by atoms with Gasteiger partial charge in [0, 0.05) is 43.7 Å². The predicted molar refractivity (Wildman–Crippen MR) is 128 cm³/mol. The van der Waals surface area contributed by atoms with Crippen molar-refractivity contribution in [3.8, 4) is 17.1 Å². The average molecular weight is 465 g/mol. The number of fused-ring (bicyclic) bond motifs is 1. The van der Waals surface area contributed by atoms with Gasteiger partial charge in [0.15, 0.2) is 0 Å². The summed E-state index contributed by atoms with van der Waals surface area (Å²) in [4.78, 5) is 35.9. The molecule has 0 unspecified atom stereocenters. The third-order valence-electron chi connectivity index (χ3n) is 5.42. The standard InChI is InChI=1S/C24H28N6O4/c1-24(2,3)34-23(32)30-12-10-17-18(21(30)31)19(27-14-7-6-8-15(13-14)33-5)20(29(17)4)16-9-11-26-22(25)28-16/h6-9,11,13,27H,10,12H2,1-5H3,(H2,25,26,28). The lowest BCUT2D eigenvalue weighted by molar-refractivity contribution is 0.0233. The molecule has 2 aromatic heterocycles. The number of carbonyl (C=O) groups is 2. The van der Waals surface area contributed by atoms with Crippen LogP contribution in [0.25, 0.3) is 11.4 Å². The average Bonchev–Trinajstić information content (AvgIpc) is 3.05. The molecule has 0 saturated heterocycles. The fourth-order valence-electron chi connectivity index (χ4n) is 3.97. The maximum absolute atomic E-state index is 13.6. The second-order valence-electron chi connectivity index (χ2n) is 8.95. The molecule has 3 heterocycles. The maximum Gasteiger partial charge on any atom is 0.417 e. The Bertz CT molecular complexity index is 1260. The van der Waals surface area contributed by atoms with Crippen LogP contribution in [0.4, 0.5) is 22.1 Å². The van der Waals surface area contributed by atoms with Gasteiger partial charge in [-0.15, -0.1) is 0 Å². The largest absolute Gasteiger partial charge is 0.497 e. The fraction of sp³-hybridized carbons (Fsp3) is 0.333. The van der Waals surface area contributed by atoms with Crippen LogP contribution in [-0.4, -0.2) is 50.7 Å². The normalized spacial score (nSPS) is 13.4. The summed E-state index contributed by atoms with van der Waals surface area (Å²) in [6.45, 7) is 5.50. The summed E-state index contributed by atoms with van der Waals surface area (Å²) in [5.41, 5.74) is 8.72. The number of imide groups is 1. The number of nitrogens with one attached hydrogen (secondary N) is 1. The molecule has 0 saturated carbocycles. The van der Waals surface area contributed by atoms with E-state index in [1.165, 1.54) is 0 Å². The van der Waals surface area contributed by atoms with Gasteiger partial charge >= 0.3 is 6.09 Å². The number of rotatable bonds is 4. The van der Waals surface area contributed by atoms with Crippen molar-refractivity contribution in [2.45, 2.75) is 32.8 Å². The first kappa shape index (κ1) is 23.1. The number of nitrogens with zero attached hydrogens (tertiary/aromatic N) is 4. The van der Waals surface area contributed by atoms with Crippen molar-refractivity contribution < 1.29 is 19.1 Å². The zero-order valence-electron chi connectivity index (χ0n) is 19.9. The molecule has 1 aromatic carbocycles. The molecule has 0 atom stereocenters. The van der Waals surface area contributed by atoms with E-state index < -0.39 is 17.6 Å². The molecular weight excluding hydrogens is 436 g/mol. The van der Waals surface area contributed by atoms with Gasteiger partial charge in [0.1, 0.15) is 11.4 Å². The first-order valence-electron chi connectivity index (χ1n) is 10.9. The number of amides is 2. The van der Waals surface area contributed by atoms with Crippen molar-refractivity contribution in [1.29, 1.82) is 0 Å². The van der Waals surface area contributed by atoms with Crippen LogP contribution in [0.5, 0.6) is 5.75 Å². The number of benzene rings is 1. The lowest BCUT2D eigenvalue weighted by Gasteiger charge is -2.29. The number of hydrogen-bond acceptors (Lipinski definition) is 8. The van der Waals surface area contributed by atoms with E-state index in [0.717, 1.165) is 10.6 Å². The van der Waals surface area contributed by atoms with Crippen LogP contribution in [0.15, 0.2) is 36.5 Å². The highest BCUT2D eigenvalue weighted by atomic mass is 16.6. The van der Waals surface area contributed by atoms with Gasteiger partial charge in [-0.3, -0.25) is 4.79 Å². The fourth-order valence-corrected chi connectivity index (χ4v) is 3.97. The van der Waals surface area contributed by atoms with Crippen molar-refractivity contribution in [3.63, 3.8) is 0 Å². The number of ether oxygens (including phenoxy) is 2. The molecule has 34 heavy (non-hydrogen) atoms. The van der Waals surface area contributed by atoms with Gasteiger partial charge in [0.05, 0.1) is 29.7 Å². The highest BCUT2D eigenvalue weighted by Gasteiger charge is 2.38. The highest BCUT2D eigenvalue weighted by molar-refractivity contribution is 6.11. The van der Waals surface area contributed by atoms with E-state index >= 15 is 0 Å². The number of methoxy groups -OCH3 is 1. The van der Waals surface area contributed by atoms with Crippen LogP contribution >= 0.6 is 0 Å². The Labute approximate surface area is 197 Å². The first-order valence-corrected chi connectivity index (χ1v) is 10.9. The third kappa shape index (κ3) is 4.39. The summed E-state index contributed by atoms with van der Waals surface area (Å²) in [6, 6.07) is 9.07. The summed E-state index contributed by atoms with van der Waals surface area (Å²) in [5.74, 6) is 0.333. The molecule has 0 radical (unpaired) electrons. The van der Waals surface area contributed by atoms with Crippen LogP contribution < -0.4 is 15.8 Å². The summed E-state index contributed by atoms with van der Waals surface area (Å²) in [5, 5.41) is 3.35. The summed E-state index contributed by atoms with van der Waals surface area (Å²) < 4.78 is 12.7. The number of hydrogen-bond donors (Lipinski definition) is 2. The zero-order valence-corrected chi connectivity index (χ0v) is 19.9. The SMILES string of the molecule is COc1cccc(Nc2c3c(n(C)c2-c2ccnc(N)n2)CCN(C(=O)OC(C)(C)C)C3=O)c1. The van der Waals surface area contributed by atoms with Crippen molar-refractivity contribution >= 4 is 29.3 Å². The Morgan fingerprint density at radius 1 is 1.24 bits per heavy atom. The summed E-state index contributed by atoms with van der Waals surface area (Å²) in [7, 11) is 3.44. The van der Waals surface area contributed by atoms with Gasteiger partial charge in [-0.2, -0.15) is 0 Å². The van der Waals surface area contributed by atoms with E-state index in [-0.39, 0.29) is 12.5 Å². The molecule has 3 aromatic rings. The highest BCUT2D eigenvalue weighted by Crippen LogP contribution is 2.40. The Morgan fingerprint density at radius 2 is 2.00 bits per heavy atom.